The van der Waals surface area contributed by atoms with Crippen LogP contribution in [0.3, 0.4) is 0 Å². The van der Waals surface area contributed by atoms with Crippen LogP contribution < -0.4 is 5.76 Å². The lowest BCUT2D eigenvalue weighted by molar-refractivity contribution is 0.277. The number of benzene rings is 1. The van der Waals surface area contributed by atoms with Crippen molar-refractivity contribution in [3.8, 4) is 0 Å². The molecular formula is C14H20N2O2. The van der Waals surface area contributed by atoms with E-state index in [2.05, 4.69) is 31.9 Å². The van der Waals surface area contributed by atoms with Gasteiger partial charge >= 0.3 is 5.76 Å². The maximum Gasteiger partial charge on any atom is 0.419 e. The number of likely N-dealkylation sites (N-methyl/N-ethyl adjacent to an activating group) is 1. The number of aromatic nitrogens is 1. The highest BCUT2D eigenvalue weighted by molar-refractivity contribution is 5.73. The van der Waals surface area contributed by atoms with Gasteiger partial charge in [-0.15, -0.1) is 0 Å². The first-order chi connectivity index (χ1) is 8.49. The maximum atomic E-state index is 11.4. The van der Waals surface area contributed by atoms with Crippen LogP contribution in [0.2, 0.25) is 0 Å². The van der Waals surface area contributed by atoms with Gasteiger partial charge in [-0.2, -0.15) is 0 Å². The summed E-state index contributed by atoms with van der Waals surface area (Å²) < 4.78 is 6.71. The molecule has 0 radical (unpaired) electrons. The molecule has 0 saturated carbocycles. The smallest absolute Gasteiger partial charge is 0.408 e. The molecule has 2 rings (SSSR count). The Hall–Kier alpha value is -1.55. The van der Waals surface area contributed by atoms with Crippen molar-refractivity contribution < 1.29 is 4.42 Å². The van der Waals surface area contributed by atoms with E-state index in [9.17, 15) is 4.79 Å². The van der Waals surface area contributed by atoms with Crippen molar-refractivity contribution in [3.05, 3.63) is 34.3 Å². The highest BCUT2D eigenvalue weighted by Gasteiger charge is 2.07. The van der Waals surface area contributed by atoms with Gasteiger partial charge in [0.05, 0.1) is 5.52 Å². The number of hydrogen-bond donors (Lipinski definition) is 0. The molecule has 0 aliphatic heterocycles. The standard InChI is InChI=1S/C14H20N2O2/c1-10(2)15(3)8-7-11-5-6-12-13(9-11)18-14(17)16(12)4/h5-6,9-10H,7-8H2,1-4H3. The van der Waals surface area contributed by atoms with Crippen LogP contribution in [0.4, 0.5) is 0 Å². The maximum absolute atomic E-state index is 11.4. The van der Waals surface area contributed by atoms with Crippen molar-refractivity contribution >= 4 is 11.1 Å². The summed E-state index contributed by atoms with van der Waals surface area (Å²) >= 11 is 0. The van der Waals surface area contributed by atoms with E-state index in [1.54, 1.807) is 7.05 Å². The average molecular weight is 248 g/mol. The van der Waals surface area contributed by atoms with Crippen molar-refractivity contribution in [1.29, 1.82) is 0 Å². The van der Waals surface area contributed by atoms with Crippen LogP contribution >= 0.6 is 0 Å². The quantitative estimate of drug-likeness (QED) is 0.830. The van der Waals surface area contributed by atoms with Crippen LogP contribution in [0.5, 0.6) is 0 Å². The SMILES string of the molecule is CC(C)N(C)CCc1ccc2c(c1)oc(=O)n2C. The highest BCUT2D eigenvalue weighted by Crippen LogP contribution is 2.15. The molecule has 0 atom stereocenters. The predicted molar refractivity (Wildman–Crippen MR) is 72.9 cm³/mol. The summed E-state index contributed by atoms with van der Waals surface area (Å²) in [5, 5.41) is 0. The van der Waals surface area contributed by atoms with Gasteiger partial charge in [-0.25, -0.2) is 4.79 Å². The van der Waals surface area contributed by atoms with Crippen LogP contribution in [0.25, 0.3) is 11.1 Å². The summed E-state index contributed by atoms with van der Waals surface area (Å²) in [4.78, 5) is 13.7. The third kappa shape index (κ3) is 2.48. The molecule has 0 unspecified atom stereocenters. The molecule has 2 aromatic rings. The van der Waals surface area contributed by atoms with Gasteiger partial charge in [0.25, 0.3) is 0 Å². The molecule has 4 heteroatoms. The largest absolute Gasteiger partial charge is 0.419 e. The first-order valence-corrected chi connectivity index (χ1v) is 6.27. The second-order valence-electron chi connectivity index (χ2n) is 5.05. The fourth-order valence-corrected chi connectivity index (χ4v) is 1.90. The zero-order chi connectivity index (χ0) is 13.3. The minimum Gasteiger partial charge on any atom is -0.408 e. The van der Waals surface area contributed by atoms with Crippen molar-refractivity contribution in [3.63, 3.8) is 0 Å². The van der Waals surface area contributed by atoms with Gasteiger partial charge < -0.3 is 9.32 Å². The van der Waals surface area contributed by atoms with E-state index in [-0.39, 0.29) is 5.76 Å². The molecule has 0 bridgehead atoms. The van der Waals surface area contributed by atoms with Crippen LogP contribution in [-0.2, 0) is 13.5 Å². The molecule has 98 valence electrons. The Bertz CT molecular complexity index is 595. The number of nitrogens with zero attached hydrogens (tertiary/aromatic N) is 2. The normalized spacial score (nSPS) is 11.9. The van der Waals surface area contributed by atoms with Gasteiger partial charge in [-0.05, 0) is 45.0 Å². The fourth-order valence-electron chi connectivity index (χ4n) is 1.90. The zero-order valence-corrected chi connectivity index (χ0v) is 11.4. The topological polar surface area (TPSA) is 38.4 Å². The van der Waals surface area contributed by atoms with Crippen LogP contribution in [0.15, 0.2) is 27.4 Å². The van der Waals surface area contributed by atoms with Gasteiger partial charge in [-0.1, -0.05) is 6.07 Å². The summed E-state index contributed by atoms with van der Waals surface area (Å²) in [6.45, 7) is 5.36. The molecule has 1 heterocycles. The second-order valence-corrected chi connectivity index (χ2v) is 5.05. The number of fused-ring (bicyclic) bond motifs is 1. The molecule has 0 N–H and O–H groups in total. The number of oxazole rings is 1. The molecule has 0 aliphatic carbocycles. The number of aryl methyl sites for hydroxylation is 1. The van der Waals surface area contributed by atoms with Crippen LogP contribution in [0.1, 0.15) is 19.4 Å². The highest BCUT2D eigenvalue weighted by atomic mass is 16.4. The van der Waals surface area contributed by atoms with Crippen molar-refractivity contribution in [2.24, 2.45) is 7.05 Å². The van der Waals surface area contributed by atoms with Crippen LogP contribution in [-0.4, -0.2) is 29.1 Å². The third-order valence-electron chi connectivity index (χ3n) is 3.49. The Morgan fingerprint density at radius 2 is 2.11 bits per heavy atom. The minimum absolute atomic E-state index is 0.304. The first-order valence-electron chi connectivity index (χ1n) is 6.27. The lowest BCUT2D eigenvalue weighted by atomic mass is 10.1. The molecule has 1 aromatic carbocycles. The fraction of sp³-hybridized carbons (Fsp3) is 0.500. The third-order valence-corrected chi connectivity index (χ3v) is 3.49. The van der Waals surface area contributed by atoms with Gasteiger partial charge in [0.1, 0.15) is 0 Å². The summed E-state index contributed by atoms with van der Waals surface area (Å²) in [5.41, 5.74) is 2.72. The van der Waals surface area contributed by atoms with Gasteiger partial charge in [0, 0.05) is 19.6 Å². The number of hydrogen-bond acceptors (Lipinski definition) is 3. The van der Waals surface area contributed by atoms with E-state index in [0.717, 1.165) is 18.5 Å². The van der Waals surface area contributed by atoms with Crippen molar-refractivity contribution in [1.82, 2.24) is 9.47 Å². The lowest BCUT2D eigenvalue weighted by Crippen LogP contribution is -2.28. The summed E-state index contributed by atoms with van der Waals surface area (Å²) in [5.74, 6) is -0.304. The number of rotatable bonds is 4. The van der Waals surface area contributed by atoms with Gasteiger partial charge in [0.2, 0.25) is 0 Å². The zero-order valence-electron chi connectivity index (χ0n) is 11.4. The average Bonchev–Trinajstić information content (AvgIpc) is 2.61. The Kier molecular flexibility index (Phi) is 3.57. The Balaban J connectivity index is 2.18. The van der Waals surface area contributed by atoms with Gasteiger partial charge in [0.15, 0.2) is 5.58 Å². The van der Waals surface area contributed by atoms with Crippen LogP contribution in [0, 0.1) is 0 Å². The van der Waals surface area contributed by atoms with E-state index < -0.39 is 0 Å². The molecule has 18 heavy (non-hydrogen) atoms. The summed E-state index contributed by atoms with van der Waals surface area (Å²) in [7, 11) is 3.84. The van der Waals surface area contributed by atoms with Crippen molar-refractivity contribution in [2.45, 2.75) is 26.3 Å². The first kappa shape index (κ1) is 12.9. The Morgan fingerprint density at radius 1 is 1.39 bits per heavy atom. The minimum atomic E-state index is -0.304. The monoisotopic (exact) mass is 248 g/mol. The Morgan fingerprint density at radius 3 is 2.78 bits per heavy atom. The molecule has 0 amide bonds. The molecule has 0 fully saturated rings. The summed E-state index contributed by atoms with van der Waals surface area (Å²) in [6.07, 6.45) is 0.962. The molecule has 0 aliphatic rings. The molecule has 0 saturated heterocycles. The van der Waals surface area contributed by atoms with E-state index >= 15 is 0 Å². The summed E-state index contributed by atoms with van der Waals surface area (Å²) in [6, 6.07) is 6.52. The lowest BCUT2D eigenvalue weighted by Gasteiger charge is -2.20. The molecule has 1 aromatic heterocycles. The molecule has 4 nitrogen and oxygen atoms in total. The van der Waals surface area contributed by atoms with E-state index in [1.165, 1.54) is 10.1 Å². The molecular weight excluding hydrogens is 228 g/mol. The van der Waals surface area contributed by atoms with Gasteiger partial charge in [-0.3, -0.25) is 4.57 Å². The van der Waals surface area contributed by atoms with E-state index in [4.69, 9.17) is 4.42 Å². The Labute approximate surface area is 107 Å². The second kappa shape index (κ2) is 4.98. The van der Waals surface area contributed by atoms with Crippen molar-refractivity contribution in [2.75, 3.05) is 13.6 Å². The van der Waals surface area contributed by atoms with E-state index in [0.29, 0.717) is 11.6 Å². The van der Waals surface area contributed by atoms with E-state index in [1.807, 2.05) is 12.1 Å². The predicted octanol–water partition coefficient (Wildman–Crippen LogP) is 2.01. The molecule has 0 spiro atoms.